The molecule has 0 saturated carbocycles. The van der Waals surface area contributed by atoms with Gasteiger partial charge in [-0.25, -0.2) is 0 Å². The molecule has 20 heavy (non-hydrogen) atoms. The van der Waals surface area contributed by atoms with E-state index >= 15 is 0 Å². The largest absolute Gasteiger partial charge is 0.460 e. The smallest absolute Gasteiger partial charge is 0.323 e. The number of ether oxygens (including phenoxy) is 1. The van der Waals surface area contributed by atoms with Crippen LogP contribution in [0.2, 0.25) is 0 Å². The minimum atomic E-state index is -0.318. The van der Waals surface area contributed by atoms with Crippen molar-refractivity contribution in [3.63, 3.8) is 0 Å². The second-order valence-electron chi connectivity index (χ2n) is 4.62. The molecule has 0 fully saturated rings. The van der Waals surface area contributed by atoms with Crippen LogP contribution in [0, 0.1) is 0 Å². The summed E-state index contributed by atoms with van der Waals surface area (Å²) < 4.78 is 5.35. The van der Waals surface area contributed by atoms with Crippen LogP contribution in [0.25, 0.3) is 0 Å². The number of carbonyl (C=O) groups excluding carboxylic acids is 1. The van der Waals surface area contributed by atoms with Crippen LogP contribution in [0.5, 0.6) is 0 Å². The SMILES string of the molecule is CN[C@@H](Cc1ccccc1)C(=O)OCc1ccccc1. The zero-order valence-corrected chi connectivity index (χ0v) is 11.6. The first-order valence-corrected chi connectivity index (χ1v) is 6.71. The van der Waals surface area contributed by atoms with Crippen molar-refractivity contribution in [2.45, 2.75) is 19.1 Å². The second kappa shape index (κ2) is 7.46. The standard InChI is InChI=1S/C17H19NO2/c1-18-16(12-14-8-4-2-5-9-14)17(19)20-13-15-10-6-3-7-11-15/h2-11,16,18H,12-13H2,1H3/t16-/m0/s1. The van der Waals surface area contributed by atoms with E-state index in [-0.39, 0.29) is 12.0 Å². The topological polar surface area (TPSA) is 38.3 Å². The molecular weight excluding hydrogens is 250 g/mol. The van der Waals surface area contributed by atoms with Gasteiger partial charge in [-0.1, -0.05) is 60.7 Å². The fraction of sp³-hybridized carbons (Fsp3) is 0.235. The second-order valence-corrected chi connectivity index (χ2v) is 4.62. The molecule has 0 bridgehead atoms. The van der Waals surface area contributed by atoms with Gasteiger partial charge in [0.05, 0.1) is 0 Å². The Hall–Kier alpha value is -2.13. The molecule has 104 valence electrons. The number of hydrogen-bond acceptors (Lipinski definition) is 3. The maximum Gasteiger partial charge on any atom is 0.323 e. The fourth-order valence-corrected chi connectivity index (χ4v) is 1.98. The average Bonchev–Trinajstić information content (AvgIpc) is 2.52. The molecule has 2 aromatic rings. The summed E-state index contributed by atoms with van der Waals surface area (Å²) in [5, 5.41) is 3.01. The van der Waals surface area contributed by atoms with Gasteiger partial charge >= 0.3 is 5.97 Å². The van der Waals surface area contributed by atoms with Gasteiger partial charge in [-0.2, -0.15) is 0 Å². The van der Waals surface area contributed by atoms with Crippen LogP contribution in [-0.4, -0.2) is 19.1 Å². The number of hydrogen-bond donors (Lipinski definition) is 1. The lowest BCUT2D eigenvalue weighted by atomic mass is 10.1. The Morgan fingerprint density at radius 3 is 2.10 bits per heavy atom. The van der Waals surface area contributed by atoms with Crippen molar-refractivity contribution in [1.29, 1.82) is 0 Å². The van der Waals surface area contributed by atoms with Crippen LogP contribution < -0.4 is 5.32 Å². The normalized spacial score (nSPS) is 11.8. The first-order valence-electron chi connectivity index (χ1n) is 6.71. The van der Waals surface area contributed by atoms with Crippen LogP contribution in [0.15, 0.2) is 60.7 Å². The Labute approximate surface area is 119 Å². The van der Waals surface area contributed by atoms with Crippen LogP contribution >= 0.6 is 0 Å². The quantitative estimate of drug-likeness (QED) is 0.819. The molecule has 0 radical (unpaired) electrons. The van der Waals surface area contributed by atoms with Crippen LogP contribution in [-0.2, 0) is 22.6 Å². The molecule has 2 rings (SSSR count). The first-order chi connectivity index (χ1) is 9.79. The lowest BCUT2D eigenvalue weighted by Crippen LogP contribution is -2.37. The third kappa shape index (κ3) is 4.21. The minimum Gasteiger partial charge on any atom is -0.460 e. The van der Waals surface area contributed by atoms with Crippen molar-refractivity contribution in [3.05, 3.63) is 71.8 Å². The van der Waals surface area contributed by atoms with Crippen molar-refractivity contribution in [1.82, 2.24) is 5.32 Å². The van der Waals surface area contributed by atoms with Gasteiger partial charge in [-0.15, -0.1) is 0 Å². The van der Waals surface area contributed by atoms with Gasteiger partial charge in [0.15, 0.2) is 0 Å². The Kier molecular flexibility index (Phi) is 5.33. The minimum absolute atomic E-state index is 0.222. The Morgan fingerprint density at radius 2 is 1.55 bits per heavy atom. The molecule has 1 N–H and O–H groups in total. The van der Waals surface area contributed by atoms with E-state index < -0.39 is 0 Å². The lowest BCUT2D eigenvalue weighted by Gasteiger charge is -2.15. The number of carbonyl (C=O) groups is 1. The molecule has 2 aromatic carbocycles. The average molecular weight is 269 g/mol. The number of esters is 1. The highest BCUT2D eigenvalue weighted by Crippen LogP contribution is 2.06. The lowest BCUT2D eigenvalue weighted by molar-refractivity contribution is -0.147. The summed E-state index contributed by atoms with van der Waals surface area (Å²) in [7, 11) is 1.78. The summed E-state index contributed by atoms with van der Waals surface area (Å²) in [5.74, 6) is -0.222. The van der Waals surface area contributed by atoms with Crippen molar-refractivity contribution < 1.29 is 9.53 Å². The highest BCUT2D eigenvalue weighted by molar-refractivity contribution is 5.76. The van der Waals surface area contributed by atoms with Gasteiger partial charge in [-0.05, 0) is 24.6 Å². The maximum absolute atomic E-state index is 12.1. The molecule has 0 aromatic heterocycles. The third-order valence-corrected chi connectivity index (χ3v) is 3.14. The predicted octanol–water partition coefficient (Wildman–Crippen LogP) is 2.56. The third-order valence-electron chi connectivity index (χ3n) is 3.14. The Morgan fingerprint density at radius 1 is 1.00 bits per heavy atom. The van der Waals surface area contributed by atoms with Gasteiger partial charge in [-0.3, -0.25) is 4.79 Å². The molecule has 0 amide bonds. The molecule has 0 saturated heterocycles. The molecule has 0 spiro atoms. The van der Waals surface area contributed by atoms with Crippen molar-refractivity contribution in [3.8, 4) is 0 Å². The van der Waals surface area contributed by atoms with Crippen molar-refractivity contribution >= 4 is 5.97 Å². The molecule has 0 unspecified atom stereocenters. The summed E-state index contributed by atoms with van der Waals surface area (Å²) in [6, 6.07) is 19.3. The fourth-order valence-electron chi connectivity index (χ4n) is 1.98. The molecular formula is C17H19NO2. The number of likely N-dealkylation sites (N-methyl/N-ethyl adjacent to an activating group) is 1. The van der Waals surface area contributed by atoms with Crippen LogP contribution in [0.3, 0.4) is 0 Å². The van der Waals surface area contributed by atoms with E-state index in [0.29, 0.717) is 13.0 Å². The van der Waals surface area contributed by atoms with E-state index in [1.165, 1.54) is 0 Å². The van der Waals surface area contributed by atoms with Gasteiger partial charge in [0.2, 0.25) is 0 Å². The van der Waals surface area contributed by atoms with Gasteiger partial charge < -0.3 is 10.1 Å². The Bertz CT molecular complexity index is 525. The zero-order valence-electron chi connectivity index (χ0n) is 11.6. The van der Waals surface area contributed by atoms with Crippen molar-refractivity contribution in [2.24, 2.45) is 0 Å². The maximum atomic E-state index is 12.1. The molecule has 0 aliphatic heterocycles. The molecule has 0 aliphatic rings. The number of benzene rings is 2. The summed E-state index contributed by atoms with van der Waals surface area (Å²) >= 11 is 0. The molecule has 1 atom stereocenters. The van der Waals surface area contributed by atoms with Crippen LogP contribution in [0.1, 0.15) is 11.1 Å². The van der Waals surface area contributed by atoms with Gasteiger partial charge in [0.25, 0.3) is 0 Å². The van der Waals surface area contributed by atoms with Crippen molar-refractivity contribution in [2.75, 3.05) is 7.05 Å². The number of nitrogens with one attached hydrogen (secondary N) is 1. The zero-order chi connectivity index (χ0) is 14.2. The van der Waals surface area contributed by atoms with E-state index in [0.717, 1.165) is 11.1 Å². The van der Waals surface area contributed by atoms with E-state index in [1.54, 1.807) is 7.05 Å². The number of rotatable bonds is 6. The van der Waals surface area contributed by atoms with E-state index in [4.69, 9.17) is 4.74 Å². The molecule has 0 aliphatic carbocycles. The summed E-state index contributed by atoms with van der Waals surface area (Å²) in [4.78, 5) is 12.1. The predicted molar refractivity (Wildman–Crippen MR) is 79.2 cm³/mol. The Balaban J connectivity index is 1.89. The van der Waals surface area contributed by atoms with Crippen LogP contribution in [0.4, 0.5) is 0 Å². The molecule has 3 nitrogen and oxygen atoms in total. The molecule has 3 heteroatoms. The first kappa shape index (κ1) is 14.3. The molecule has 0 heterocycles. The highest BCUT2D eigenvalue weighted by Gasteiger charge is 2.18. The summed E-state index contributed by atoms with van der Waals surface area (Å²) in [5.41, 5.74) is 2.11. The van der Waals surface area contributed by atoms with E-state index in [1.807, 2.05) is 60.7 Å². The van der Waals surface area contributed by atoms with Gasteiger partial charge in [0.1, 0.15) is 12.6 Å². The highest BCUT2D eigenvalue weighted by atomic mass is 16.5. The van der Waals surface area contributed by atoms with E-state index in [9.17, 15) is 4.79 Å². The monoisotopic (exact) mass is 269 g/mol. The summed E-state index contributed by atoms with van der Waals surface area (Å²) in [6.07, 6.45) is 0.630. The van der Waals surface area contributed by atoms with Gasteiger partial charge in [0, 0.05) is 0 Å². The summed E-state index contributed by atoms with van der Waals surface area (Å²) in [6.45, 7) is 0.312. The van der Waals surface area contributed by atoms with E-state index in [2.05, 4.69) is 5.32 Å².